The van der Waals surface area contributed by atoms with Crippen molar-refractivity contribution in [2.24, 2.45) is 11.8 Å². The molecule has 3 rings (SSSR count). The van der Waals surface area contributed by atoms with Gasteiger partial charge in [-0.25, -0.2) is 0 Å². The molecule has 3 fully saturated rings. The number of carbonyl (C=O) groups excluding carboxylic acids is 2. The quantitative estimate of drug-likeness (QED) is 0.796. The van der Waals surface area contributed by atoms with Crippen LogP contribution in [0.5, 0.6) is 0 Å². The number of nitrogens with zero attached hydrogens (tertiary/aromatic N) is 3. The zero-order valence-electron chi connectivity index (χ0n) is 16.4. The Morgan fingerprint density at radius 2 is 1.62 bits per heavy atom. The summed E-state index contributed by atoms with van der Waals surface area (Å²) in [5.74, 6) is 1.65. The van der Waals surface area contributed by atoms with Crippen LogP contribution in [0.3, 0.4) is 0 Å². The van der Waals surface area contributed by atoms with Gasteiger partial charge in [-0.05, 0) is 57.0 Å². The van der Waals surface area contributed by atoms with E-state index in [1.54, 1.807) is 0 Å². The van der Waals surface area contributed by atoms with Crippen LogP contribution in [0.1, 0.15) is 45.4 Å². The van der Waals surface area contributed by atoms with Gasteiger partial charge in [0.25, 0.3) is 0 Å². The summed E-state index contributed by atoms with van der Waals surface area (Å²) in [6, 6.07) is 0. The number of nitrogens with one attached hydrogen (secondary N) is 1. The summed E-state index contributed by atoms with van der Waals surface area (Å²) in [5, 5.41) is 3.45. The molecule has 6 nitrogen and oxygen atoms in total. The zero-order chi connectivity index (χ0) is 18.4. The lowest BCUT2D eigenvalue weighted by atomic mass is 9.85. The lowest BCUT2D eigenvalue weighted by Crippen LogP contribution is -2.52. The fourth-order valence-electron chi connectivity index (χ4n) is 4.53. The Hall–Kier alpha value is -1.14. The summed E-state index contributed by atoms with van der Waals surface area (Å²) < 4.78 is 0. The molecule has 0 aliphatic carbocycles. The summed E-state index contributed by atoms with van der Waals surface area (Å²) in [5.41, 5.74) is 0. The number of carbonyl (C=O) groups is 2. The SMILES string of the molecule is CC(CC(=O)N1CCN(CC(=O)N2CCCCC2)CC1)C1CCCNC1. The van der Waals surface area contributed by atoms with E-state index in [0.717, 1.165) is 65.2 Å². The van der Waals surface area contributed by atoms with Crippen LogP contribution in [0.4, 0.5) is 0 Å². The molecule has 2 unspecified atom stereocenters. The number of rotatable bonds is 5. The van der Waals surface area contributed by atoms with Crippen LogP contribution >= 0.6 is 0 Å². The van der Waals surface area contributed by atoms with Crippen LogP contribution in [0.15, 0.2) is 0 Å². The van der Waals surface area contributed by atoms with Crippen molar-refractivity contribution in [2.75, 3.05) is 58.9 Å². The van der Waals surface area contributed by atoms with Crippen LogP contribution in [0.2, 0.25) is 0 Å². The van der Waals surface area contributed by atoms with Crippen molar-refractivity contribution in [1.29, 1.82) is 0 Å². The zero-order valence-corrected chi connectivity index (χ0v) is 16.4. The minimum absolute atomic E-state index is 0.267. The summed E-state index contributed by atoms with van der Waals surface area (Å²) in [4.78, 5) is 31.3. The Morgan fingerprint density at radius 1 is 0.923 bits per heavy atom. The molecular weight excluding hydrogens is 328 g/mol. The number of amides is 2. The molecule has 2 amide bonds. The molecule has 3 saturated heterocycles. The number of likely N-dealkylation sites (tertiary alicyclic amines) is 1. The van der Waals surface area contributed by atoms with E-state index in [4.69, 9.17) is 0 Å². The second kappa shape index (κ2) is 9.70. The molecule has 0 radical (unpaired) electrons. The Balaban J connectivity index is 1.37. The predicted molar refractivity (Wildman–Crippen MR) is 103 cm³/mol. The lowest BCUT2D eigenvalue weighted by Gasteiger charge is -2.37. The third-order valence-electron chi connectivity index (χ3n) is 6.43. The van der Waals surface area contributed by atoms with Gasteiger partial charge in [0.15, 0.2) is 0 Å². The molecule has 2 atom stereocenters. The summed E-state index contributed by atoms with van der Waals surface area (Å²) in [6.45, 7) is 9.95. The van der Waals surface area contributed by atoms with E-state index in [1.165, 1.54) is 19.3 Å². The van der Waals surface area contributed by atoms with Crippen molar-refractivity contribution in [3.05, 3.63) is 0 Å². The number of hydrogen-bond donors (Lipinski definition) is 1. The van der Waals surface area contributed by atoms with E-state index in [9.17, 15) is 9.59 Å². The van der Waals surface area contributed by atoms with Gasteiger partial charge in [0, 0.05) is 45.7 Å². The predicted octanol–water partition coefficient (Wildman–Crippen LogP) is 1.17. The standard InChI is InChI=1S/C20H36N4O2/c1-17(18-6-5-7-21-15-18)14-19(25)24-12-10-22(11-13-24)16-20(26)23-8-3-2-4-9-23/h17-18,21H,2-16H2,1H3. The average molecular weight is 365 g/mol. The topological polar surface area (TPSA) is 55.9 Å². The summed E-state index contributed by atoms with van der Waals surface area (Å²) >= 11 is 0. The molecule has 0 saturated carbocycles. The van der Waals surface area contributed by atoms with E-state index >= 15 is 0 Å². The third-order valence-corrected chi connectivity index (χ3v) is 6.43. The highest BCUT2D eigenvalue weighted by atomic mass is 16.2. The maximum atomic E-state index is 12.6. The van der Waals surface area contributed by atoms with Crippen molar-refractivity contribution < 1.29 is 9.59 Å². The molecule has 0 spiro atoms. The third kappa shape index (κ3) is 5.43. The maximum Gasteiger partial charge on any atom is 0.236 e. The van der Waals surface area contributed by atoms with Crippen LogP contribution in [-0.4, -0.2) is 85.4 Å². The Labute approximate surface area is 158 Å². The van der Waals surface area contributed by atoms with Crippen LogP contribution in [0.25, 0.3) is 0 Å². The minimum Gasteiger partial charge on any atom is -0.342 e. The highest BCUT2D eigenvalue weighted by molar-refractivity contribution is 5.78. The molecule has 0 bridgehead atoms. The van der Waals surface area contributed by atoms with Gasteiger partial charge in [-0.3, -0.25) is 14.5 Å². The normalized spacial score (nSPS) is 26.6. The maximum absolute atomic E-state index is 12.6. The fourth-order valence-corrected chi connectivity index (χ4v) is 4.53. The Morgan fingerprint density at radius 3 is 2.27 bits per heavy atom. The van der Waals surface area contributed by atoms with Gasteiger partial charge in [0.2, 0.25) is 11.8 Å². The van der Waals surface area contributed by atoms with Gasteiger partial charge in [0.05, 0.1) is 6.54 Å². The monoisotopic (exact) mass is 364 g/mol. The summed E-state index contributed by atoms with van der Waals surface area (Å²) in [7, 11) is 0. The van der Waals surface area contributed by atoms with Crippen molar-refractivity contribution >= 4 is 11.8 Å². The Bertz CT molecular complexity index is 464. The lowest BCUT2D eigenvalue weighted by molar-refractivity contribution is -0.136. The average Bonchev–Trinajstić information content (AvgIpc) is 2.69. The fraction of sp³-hybridized carbons (Fsp3) is 0.900. The molecule has 3 heterocycles. The number of piperidine rings is 2. The molecule has 0 aromatic carbocycles. The second-order valence-electron chi connectivity index (χ2n) is 8.39. The minimum atomic E-state index is 0.267. The highest BCUT2D eigenvalue weighted by Gasteiger charge is 2.27. The van der Waals surface area contributed by atoms with E-state index in [2.05, 4.69) is 17.1 Å². The van der Waals surface area contributed by atoms with Crippen LogP contribution in [0, 0.1) is 11.8 Å². The molecule has 26 heavy (non-hydrogen) atoms. The smallest absolute Gasteiger partial charge is 0.236 e. The first-order valence-electron chi connectivity index (χ1n) is 10.6. The Kier molecular flexibility index (Phi) is 7.32. The second-order valence-corrected chi connectivity index (χ2v) is 8.39. The first-order chi connectivity index (χ1) is 12.6. The van der Waals surface area contributed by atoms with E-state index in [-0.39, 0.29) is 5.91 Å². The van der Waals surface area contributed by atoms with Crippen LogP contribution in [-0.2, 0) is 9.59 Å². The summed E-state index contributed by atoms with van der Waals surface area (Å²) in [6.07, 6.45) is 6.67. The largest absolute Gasteiger partial charge is 0.342 e. The van der Waals surface area contributed by atoms with Crippen molar-refractivity contribution in [1.82, 2.24) is 20.0 Å². The molecule has 3 aliphatic rings. The molecule has 1 N–H and O–H groups in total. The number of hydrogen-bond acceptors (Lipinski definition) is 4. The van der Waals surface area contributed by atoms with Crippen molar-refractivity contribution in [3.63, 3.8) is 0 Å². The molecular formula is C20H36N4O2. The first-order valence-corrected chi connectivity index (χ1v) is 10.6. The molecule has 0 aromatic rings. The molecule has 3 aliphatic heterocycles. The molecule has 6 heteroatoms. The van der Waals surface area contributed by atoms with Gasteiger partial charge in [0.1, 0.15) is 0 Å². The van der Waals surface area contributed by atoms with Gasteiger partial charge < -0.3 is 15.1 Å². The van der Waals surface area contributed by atoms with E-state index in [0.29, 0.717) is 30.7 Å². The van der Waals surface area contributed by atoms with E-state index < -0.39 is 0 Å². The molecule has 0 aromatic heterocycles. The van der Waals surface area contributed by atoms with Crippen molar-refractivity contribution in [2.45, 2.75) is 45.4 Å². The first kappa shape index (κ1) is 19.6. The van der Waals surface area contributed by atoms with Crippen molar-refractivity contribution in [3.8, 4) is 0 Å². The highest BCUT2D eigenvalue weighted by Crippen LogP contribution is 2.23. The van der Waals surface area contributed by atoms with Gasteiger partial charge in [-0.2, -0.15) is 0 Å². The van der Waals surface area contributed by atoms with E-state index in [1.807, 2.05) is 9.80 Å². The van der Waals surface area contributed by atoms with Gasteiger partial charge >= 0.3 is 0 Å². The van der Waals surface area contributed by atoms with Gasteiger partial charge in [-0.15, -0.1) is 0 Å². The van der Waals surface area contributed by atoms with Gasteiger partial charge in [-0.1, -0.05) is 6.92 Å². The number of piperazine rings is 1. The van der Waals surface area contributed by atoms with Crippen LogP contribution < -0.4 is 5.32 Å². The molecule has 148 valence electrons.